The number of rotatable bonds is 4. The summed E-state index contributed by atoms with van der Waals surface area (Å²) in [5.74, 6) is 0.0410. The maximum atomic E-state index is 12.8. The molecule has 0 saturated carbocycles. The largest absolute Gasteiger partial charge is 0.381 e. The lowest BCUT2D eigenvalue weighted by Crippen LogP contribution is -2.42. The predicted octanol–water partition coefficient (Wildman–Crippen LogP) is 3.50. The molecule has 5 heteroatoms. The molecule has 1 saturated heterocycles. The standard InChI is InChI=1S/C19H21N3O2/c23-18(21-17-5-3-4-16-15(17)6-9-20-16)14-19(7-12-24-13-8-19)22-10-1-2-11-22/h1-6,9-11,20H,7-8,12-14H2,(H,21,23). The van der Waals surface area contributed by atoms with Crippen molar-refractivity contribution in [2.75, 3.05) is 18.5 Å². The van der Waals surface area contributed by atoms with E-state index in [1.54, 1.807) is 0 Å². The van der Waals surface area contributed by atoms with Gasteiger partial charge in [-0.3, -0.25) is 4.79 Å². The third-order valence-electron chi connectivity index (χ3n) is 4.93. The second-order valence-electron chi connectivity index (χ2n) is 6.40. The monoisotopic (exact) mass is 323 g/mol. The molecule has 2 aromatic heterocycles. The van der Waals surface area contributed by atoms with E-state index in [2.05, 4.69) is 14.9 Å². The smallest absolute Gasteiger partial charge is 0.226 e. The highest BCUT2D eigenvalue weighted by molar-refractivity contribution is 6.01. The Morgan fingerprint density at radius 3 is 2.75 bits per heavy atom. The van der Waals surface area contributed by atoms with Gasteiger partial charge in [-0.15, -0.1) is 0 Å². The minimum atomic E-state index is -0.197. The number of aromatic amines is 1. The SMILES string of the molecule is O=C(CC1(n2cccc2)CCOCC1)Nc1cccc2[nH]ccc12. The molecule has 1 aromatic carbocycles. The van der Waals surface area contributed by atoms with Crippen molar-refractivity contribution in [1.29, 1.82) is 0 Å². The Hall–Kier alpha value is -2.53. The number of benzene rings is 1. The molecule has 3 aromatic rings. The lowest BCUT2D eigenvalue weighted by Gasteiger charge is -2.38. The zero-order valence-corrected chi connectivity index (χ0v) is 13.5. The van der Waals surface area contributed by atoms with Gasteiger partial charge in [0.1, 0.15) is 0 Å². The second kappa shape index (κ2) is 6.17. The Morgan fingerprint density at radius 1 is 1.17 bits per heavy atom. The van der Waals surface area contributed by atoms with Crippen LogP contribution in [0.1, 0.15) is 19.3 Å². The molecule has 1 aliphatic rings. The van der Waals surface area contributed by atoms with E-state index < -0.39 is 0 Å². The number of carbonyl (C=O) groups is 1. The normalized spacial score (nSPS) is 17.0. The summed E-state index contributed by atoms with van der Waals surface area (Å²) in [4.78, 5) is 15.9. The van der Waals surface area contributed by atoms with Crippen LogP contribution in [0.25, 0.3) is 10.9 Å². The predicted molar refractivity (Wildman–Crippen MR) is 94.0 cm³/mol. The summed E-state index contributed by atoms with van der Waals surface area (Å²) in [6.45, 7) is 1.39. The van der Waals surface area contributed by atoms with Gasteiger partial charge in [0.15, 0.2) is 0 Å². The third-order valence-corrected chi connectivity index (χ3v) is 4.93. The highest BCUT2D eigenvalue weighted by Gasteiger charge is 2.36. The first-order chi connectivity index (χ1) is 11.8. The van der Waals surface area contributed by atoms with Gasteiger partial charge in [-0.05, 0) is 43.2 Å². The van der Waals surface area contributed by atoms with Crippen molar-refractivity contribution in [1.82, 2.24) is 9.55 Å². The van der Waals surface area contributed by atoms with Gasteiger partial charge >= 0.3 is 0 Å². The van der Waals surface area contributed by atoms with Crippen molar-refractivity contribution < 1.29 is 9.53 Å². The molecule has 0 aliphatic carbocycles. The van der Waals surface area contributed by atoms with Crippen molar-refractivity contribution in [3.63, 3.8) is 0 Å². The van der Waals surface area contributed by atoms with E-state index in [-0.39, 0.29) is 11.4 Å². The number of anilines is 1. The molecule has 0 unspecified atom stereocenters. The van der Waals surface area contributed by atoms with Gasteiger partial charge in [0.25, 0.3) is 0 Å². The van der Waals surface area contributed by atoms with Gasteiger partial charge in [-0.1, -0.05) is 6.07 Å². The topological polar surface area (TPSA) is 59.0 Å². The van der Waals surface area contributed by atoms with Crippen molar-refractivity contribution >= 4 is 22.5 Å². The summed E-state index contributed by atoms with van der Waals surface area (Å²) in [7, 11) is 0. The van der Waals surface area contributed by atoms with Gasteiger partial charge in [0.2, 0.25) is 5.91 Å². The summed E-state index contributed by atoms with van der Waals surface area (Å²) in [6.07, 6.45) is 8.13. The summed E-state index contributed by atoms with van der Waals surface area (Å²) < 4.78 is 7.69. The van der Waals surface area contributed by atoms with Crippen molar-refractivity contribution in [2.45, 2.75) is 24.8 Å². The molecule has 0 spiro atoms. The maximum Gasteiger partial charge on any atom is 0.226 e. The molecule has 1 aliphatic heterocycles. The Labute approximate surface area is 140 Å². The van der Waals surface area contributed by atoms with Crippen LogP contribution in [0.3, 0.4) is 0 Å². The van der Waals surface area contributed by atoms with E-state index in [1.165, 1.54) is 0 Å². The summed E-state index contributed by atoms with van der Waals surface area (Å²) in [5, 5.41) is 4.13. The molecule has 2 N–H and O–H groups in total. The van der Waals surface area contributed by atoms with Gasteiger partial charge < -0.3 is 19.6 Å². The van der Waals surface area contributed by atoms with Gasteiger partial charge in [0.05, 0.1) is 17.6 Å². The summed E-state index contributed by atoms with van der Waals surface area (Å²) in [6, 6.07) is 11.9. The van der Waals surface area contributed by atoms with Gasteiger partial charge in [-0.2, -0.15) is 0 Å². The van der Waals surface area contributed by atoms with Crippen LogP contribution in [-0.4, -0.2) is 28.7 Å². The number of nitrogens with zero attached hydrogens (tertiary/aromatic N) is 1. The minimum absolute atomic E-state index is 0.0410. The molecule has 24 heavy (non-hydrogen) atoms. The number of ether oxygens (including phenoxy) is 1. The quantitative estimate of drug-likeness (QED) is 0.772. The molecule has 0 atom stereocenters. The van der Waals surface area contributed by atoms with E-state index in [1.807, 2.05) is 55.0 Å². The fourth-order valence-electron chi connectivity index (χ4n) is 3.62. The average Bonchev–Trinajstić information content (AvgIpc) is 3.28. The van der Waals surface area contributed by atoms with Crippen LogP contribution in [0.15, 0.2) is 55.0 Å². The number of fused-ring (bicyclic) bond motifs is 1. The third kappa shape index (κ3) is 2.71. The molecule has 5 nitrogen and oxygen atoms in total. The van der Waals surface area contributed by atoms with Crippen molar-refractivity contribution in [3.05, 3.63) is 55.0 Å². The number of carbonyl (C=O) groups excluding carboxylic acids is 1. The van der Waals surface area contributed by atoms with E-state index in [9.17, 15) is 4.79 Å². The highest BCUT2D eigenvalue weighted by atomic mass is 16.5. The van der Waals surface area contributed by atoms with Crippen LogP contribution < -0.4 is 5.32 Å². The second-order valence-corrected chi connectivity index (χ2v) is 6.40. The Morgan fingerprint density at radius 2 is 1.96 bits per heavy atom. The number of nitrogens with one attached hydrogen (secondary N) is 2. The van der Waals surface area contributed by atoms with E-state index in [4.69, 9.17) is 4.74 Å². The number of H-pyrrole nitrogens is 1. The van der Waals surface area contributed by atoms with Crippen LogP contribution in [0.4, 0.5) is 5.69 Å². The highest BCUT2D eigenvalue weighted by Crippen LogP contribution is 2.33. The Bertz CT molecular complexity index is 829. The molecule has 1 amide bonds. The van der Waals surface area contributed by atoms with Crippen LogP contribution in [-0.2, 0) is 15.1 Å². The van der Waals surface area contributed by atoms with Crippen LogP contribution in [0.5, 0.6) is 0 Å². The van der Waals surface area contributed by atoms with Crippen LogP contribution in [0, 0.1) is 0 Å². The first-order valence-corrected chi connectivity index (χ1v) is 8.34. The summed E-state index contributed by atoms with van der Waals surface area (Å²) >= 11 is 0. The molecule has 1 fully saturated rings. The average molecular weight is 323 g/mol. The van der Waals surface area contributed by atoms with Crippen LogP contribution in [0.2, 0.25) is 0 Å². The van der Waals surface area contributed by atoms with Crippen molar-refractivity contribution in [2.24, 2.45) is 0 Å². The maximum absolute atomic E-state index is 12.8. The first-order valence-electron chi connectivity index (χ1n) is 8.34. The summed E-state index contributed by atoms with van der Waals surface area (Å²) in [5.41, 5.74) is 1.69. The van der Waals surface area contributed by atoms with E-state index in [0.717, 1.165) is 29.4 Å². The molecule has 124 valence electrons. The minimum Gasteiger partial charge on any atom is -0.381 e. The number of hydrogen-bond acceptors (Lipinski definition) is 2. The van der Waals surface area contributed by atoms with E-state index >= 15 is 0 Å². The fourth-order valence-corrected chi connectivity index (χ4v) is 3.62. The van der Waals surface area contributed by atoms with Crippen LogP contribution >= 0.6 is 0 Å². The number of aromatic nitrogens is 2. The Balaban J connectivity index is 1.56. The molecular formula is C19H21N3O2. The van der Waals surface area contributed by atoms with Crippen molar-refractivity contribution in [3.8, 4) is 0 Å². The Kier molecular flexibility index (Phi) is 3.86. The molecule has 3 heterocycles. The molecule has 0 bridgehead atoms. The molecule has 0 radical (unpaired) electrons. The lowest BCUT2D eigenvalue weighted by molar-refractivity contribution is -0.119. The first kappa shape index (κ1) is 15.0. The zero-order valence-electron chi connectivity index (χ0n) is 13.5. The van der Waals surface area contributed by atoms with E-state index in [0.29, 0.717) is 19.6 Å². The van der Waals surface area contributed by atoms with Gasteiger partial charge in [-0.25, -0.2) is 0 Å². The van der Waals surface area contributed by atoms with Gasteiger partial charge in [0, 0.05) is 42.7 Å². The lowest BCUT2D eigenvalue weighted by atomic mass is 9.86. The fraction of sp³-hybridized carbons (Fsp3) is 0.316. The molecule has 4 rings (SSSR count). The molecular weight excluding hydrogens is 302 g/mol. The number of amides is 1. The zero-order chi connectivity index (χ0) is 16.4. The number of hydrogen-bond donors (Lipinski definition) is 2.